The third kappa shape index (κ3) is 9.32. The van der Waals surface area contributed by atoms with Crippen LogP contribution in [-0.2, 0) is 20.7 Å². The van der Waals surface area contributed by atoms with Crippen molar-refractivity contribution in [2.24, 2.45) is 0 Å². The maximum Gasteiger partial charge on any atom is 0.408 e. The Morgan fingerprint density at radius 3 is 2.20 bits per heavy atom. The normalized spacial score (nSPS) is 12.6. The van der Waals surface area contributed by atoms with Gasteiger partial charge in [-0.1, -0.05) is 98.6 Å². The molecule has 0 aromatic heterocycles. The van der Waals surface area contributed by atoms with E-state index in [1.807, 2.05) is 72.8 Å². The summed E-state index contributed by atoms with van der Waals surface area (Å²) in [6, 6.07) is 27.1. The van der Waals surface area contributed by atoms with E-state index in [0.717, 1.165) is 29.2 Å². The molecule has 3 N–H and O–H groups in total. The second kappa shape index (κ2) is 15.2. The highest BCUT2D eigenvalue weighted by Crippen LogP contribution is 2.32. The summed E-state index contributed by atoms with van der Waals surface area (Å²) in [6.07, 6.45) is 1.80. The van der Waals surface area contributed by atoms with Gasteiger partial charge in [-0.2, -0.15) is 0 Å². The molecule has 4 rings (SSSR count). The third-order valence-electron chi connectivity index (χ3n) is 7.37. The number of amides is 3. The first kappa shape index (κ1) is 33.1. The number of fused-ring (bicyclic) bond motifs is 1. The van der Waals surface area contributed by atoms with Crippen molar-refractivity contribution in [3.05, 3.63) is 108 Å². The zero-order chi connectivity index (χ0) is 32.4. The topological polar surface area (TPSA) is 108 Å². The van der Waals surface area contributed by atoms with Gasteiger partial charge in [0.05, 0.1) is 0 Å². The van der Waals surface area contributed by atoms with Crippen LogP contribution in [0.1, 0.15) is 64.1 Å². The molecule has 0 fully saturated rings. The van der Waals surface area contributed by atoms with E-state index in [-0.39, 0.29) is 24.3 Å². The summed E-state index contributed by atoms with van der Waals surface area (Å²) < 4.78 is 5.52. The van der Waals surface area contributed by atoms with Crippen molar-refractivity contribution in [2.75, 3.05) is 11.9 Å². The molecular formula is C37H43N3O5. The van der Waals surface area contributed by atoms with E-state index in [0.29, 0.717) is 12.1 Å². The number of phenolic OH excluding ortho intramolecular Hbond substituents is 1. The molecule has 3 amide bonds. The van der Waals surface area contributed by atoms with Crippen molar-refractivity contribution >= 4 is 34.4 Å². The van der Waals surface area contributed by atoms with Crippen LogP contribution in [-0.4, -0.2) is 46.1 Å². The van der Waals surface area contributed by atoms with Crippen LogP contribution in [0.3, 0.4) is 0 Å². The molecule has 0 radical (unpaired) electrons. The van der Waals surface area contributed by atoms with Crippen molar-refractivity contribution in [2.45, 2.75) is 71.1 Å². The van der Waals surface area contributed by atoms with E-state index in [1.165, 1.54) is 11.0 Å². The van der Waals surface area contributed by atoms with E-state index in [1.54, 1.807) is 39.0 Å². The van der Waals surface area contributed by atoms with Crippen LogP contribution in [0.4, 0.5) is 10.5 Å². The van der Waals surface area contributed by atoms with Gasteiger partial charge >= 0.3 is 6.09 Å². The first-order valence-corrected chi connectivity index (χ1v) is 15.5. The van der Waals surface area contributed by atoms with Crippen LogP contribution in [0, 0.1) is 0 Å². The van der Waals surface area contributed by atoms with Gasteiger partial charge in [0.25, 0.3) is 5.91 Å². The average molecular weight is 610 g/mol. The van der Waals surface area contributed by atoms with E-state index in [9.17, 15) is 19.5 Å². The zero-order valence-corrected chi connectivity index (χ0v) is 26.5. The van der Waals surface area contributed by atoms with E-state index in [4.69, 9.17) is 4.74 Å². The molecule has 0 aliphatic heterocycles. The maximum absolute atomic E-state index is 14.6. The lowest BCUT2D eigenvalue weighted by molar-refractivity contribution is -0.141. The average Bonchev–Trinajstić information content (AvgIpc) is 3.00. The fraction of sp³-hybridized carbons (Fsp3) is 0.324. The zero-order valence-electron chi connectivity index (χ0n) is 26.5. The van der Waals surface area contributed by atoms with Crippen molar-refractivity contribution in [3.63, 3.8) is 0 Å². The molecule has 0 saturated carbocycles. The molecule has 0 bridgehead atoms. The Hall–Kier alpha value is -4.85. The smallest absolute Gasteiger partial charge is 0.408 e. The van der Waals surface area contributed by atoms with Gasteiger partial charge in [-0.05, 0) is 61.7 Å². The Kier molecular flexibility index (Phi) is 11.2. The minimum absolute atomic E-state index is 0.107. The standard InChI is InChI=1S/C37H43N3O5/c1-5-6-14-23-40(35(43)31(24-26-15-8-7-9-16-26)39-36(44)45-37(2,3)4)33(30-19-12-13-20-32(30)41)34(42)38-29-22-21-27-17-10-11-18-28(27)25-29/h7-13,15-22,25,31,33,41H,5-6,14,23-24H2,1-4H3,(H,38,42)(H,39,44). The number of ether oxygens (including phenoxy) is 1. The lowest BCUT2D eigenvalue weighted by atomic mass is 9.99. The monoisotopic (exact) mass is 609 g/mol. The van der Waals surface area contributed by atoms with Gasteiger partial charge in [0.2, 0.25) is 5.91 Å². The number of nitrogens with zero attached hydrogens (tertiary/aromatic N) is 1. The third-order valence-corrected chi connectivity index (χ3v) is 7.37. The lowest BCUT2D eigenvalue weighted by Crippen LogP contribution is -2.53. The summed E-state index contributed by atoms with van der Waals surface area (Å²) >= 11 is 0. The van der Waals surface area contributed by atoms with Crippen molar-refractivity contribution in [3.8, 4) is 5.75 Å². The molecule has 4 aromatic rings. The molecule has 2 atom stereocenters. The number of hydrogen-bond acceptors (Lipinski definition) is 5. The summed E-state index contributed by atoms with van der Waals surface area (Å²) in [7, 11) is 0. The van der Waals surface area contributed by atoms with Gasteiger partial charge in [-0.15, -0.1) is 0 Å². The summed E-state index contributed by atoms with van der Waals surface area (Å²) in [5.74, 6) is -1.04. The molecule has 0 aliphatic carbocycles. The predicted octanol–water partition coefficient (Wildman–Crippen LogP) is 7.38. The Morgan fingerprint density at radius 1 is 0.844 bits per heavy atom. The second-order valence-electron chi connectivity index (χ2n) is 12.1. The molecule has 0 spiro atoms. The molecule has 2 unspecified atom stereocenters. The fourth-order valence-corrected chi connectivity index (χ4v) is 5.25. The maximum atomic E-state index is 14.6. The molecule has 8 heteroatoms. The van der Waals surface area contributed by atoms with E-state index < -0.39 is 35.6 Å². The summed E-state index contributed by atoms with van der Waals surface area (Å²) in [5.41, 5.74) is 0.910. The molecule has 8 nitrogen and oxygen atoms in total. The molecule has 45 heavy (non-hydrogen) atoms. The Balaban J connectivity index is 1.75. The molecule has 4 aromatic carbocycles. The van der Waals surface area contributed by atoms with Crippen LogP contribution in [0.15, 0.2) is 97.1 Å². The number of unbranched alkanes of at least 4 members (excludes halogenated alkanes) is 2. The van der Waals surface area contributed by atoms with Crippen molar-refractivity contribution in [1.29, 1.82) is 0 Å². The minimum atomic E-state index is -1.18. The van der Waals surface area contributed by atoms with Crippen LogP contribution in [0.2, 0.25) is 0 Å². The van der Waals surface area contributed by atoms with Crippen LogP contribution in [0.25, 0.3) is 10.8 Å². The lowest BCUT2D eigenvalue weighted by Gasteiger charge is -2.35. The SMILES string of the molecule is CCCCCN(C(=O)C(Cc1ccccc1)NC(=O)OC(C)(C)C)C(C(=O)Nc1ccc2ccccc2c1)c1ccccc1O. The van der Waals surface area contributed by atoms with Gasteiger partial charge < -0.3 is 25.4 Å². The van der Waals surface area contributed by atoms with Crippen molar-refractivity contribution in [1.82, 2.24) is 10.2 Å². The predicted molar refractivity (Wildman–Crippen MR) is 178 cm³/mol. The Bertz CT molecular complexity index is 1600. The summed E-state index contributed by atoms with van der Waals surface area (Å²) in [5, 5.41) is 18.7. The highest BCUT2D eigenvalue weighted by Gasteiger charge is 2.37. The number of rotatable bonds is 12. The van der Waals surface area contributed by atoms with Gasteiger partial charge in [0, 0.05) is 24.2 Å². The number of carbonyl (C=O) groups excluding carboxylic acids is 3. The van der Waals surface area contributed by atoms with Crippen LogP contribution >= 0.6 is 0 Å². The number of anilines is 1. The van der Waals surface area contributed by atoms with E-state index >= 15 is 0 Å². The Morgan fingerprint density at radius 2 is 1.51 bits per heavy atom. The highest BCUT2D eigenvalue weighted by atomic mass is 16.6. The molecule has 0 heterocycles. The molecule has 236 valence electrons. The number of hydrogen-bond donors (Lipinski definition) is 3. The second-order valence-corrected chi connectivity index (χ2v) is 12.1. The molecule has 0 aliphatic rings. The number of aromatic hydroxyl groups is 1. The molecule has 0 saturated heterocycles. The number of alkyl carbamates (subject to hydrolysis) is 1. The highest BCUT2D eigenvalue weighted by molar-refractivity contribution is 6.00. The number of para-hydroxylation sites is 1. The fourth-order valence-electron chi connectivity index (χ4n) is 5.25. The van der Waals surface area contributed by atoms with Crippen LogP contribution in [0.5, 0.6) is 5.75 Å². The van der Waals surface area contributed by atoms with Gasteiger partial charge in [0.15, 0.2) is 0 Å². The number of nitrogens with one attached hydrogen (secondary N) is 2. The van der Waals surface area contributed by atoms with E-state index in [2.05, 4.69) is 17.6 Å². The number of benzene rings is 4. The first-order chi connectivity index (χ1) is 21.6. The first-order valence-electron chi connectivity index (χ1n) is 15.5. The molecular weight excluding hydrogens is 566 g/mol. The van der Waals surface area contributed by atoms with Crippen molar-refractivity contribution < 1.29 is 24.2 Å². The summed E-state index contributed by atoms with van der Waals surface area (Å²) in [6.45, 7) is 7.55. The largest absolute Gasteiger partial charge is 0.508 e. The van der Waals surface area contributed by atoms with Crippen LogP contribution < -0.4 is 10.6 Å². The quantitative estimate of drug-likeness (QED) is 0.145. The minimum Gasteiger partial charge on any atom is -0.508 e. The number of phenols is 1. The summed E-state index contributed by atoms with van der Waals surface area (Å²) in [4.78, 5) is 43.3. The number of carbonyl (C=O) groups is 3. The van der Waals surface area contributed by atoms with Gasteiger partial charge in [-0.25, -0.2) is 4.79 Å². The van der Waals surface area contributed by atoms with Gasteiger partial charge in [-0.3, -0.25) is 9.59 Å². The Labute approximate surface area is 265 Å². The van der Waals surface area contributed by atoms with Gasteiger partial charge in [0.1, 0.15) is 23.4 Å².